The van der Waals surface area contributed by atoms with Crippen molar-refractivity contribution in [3.8, 4) is 11.5 Å². The molecule has 7 nitrogen and oxygen atoms in total. The zero-order valence-electron chi connectivity index (χ0n) is 10.2. The van der Waals surface area contributed by atoms with Gasteiger partial charge in [-0.05, 0) is 26.0 Å². The predicted molar refractivity (Wildman–Crippen MR) is 62.6 cm³/mol. The second-order valence-electron chi connectivity index (χ2n) is 4.37. The lowest BCUT2D eigenvalue weighted by Crippen LogP contribution is -2.37. The van der Waals surface area contributed by atoms with Crippen LogP contribution in [0.1, 0.15) is 13.8 Å². The Morgan fingerprint density at radius 1 is 1.32 bits per heavy atom. The molecule has 0 atom stereocenters. The Kier molecular flexibility index (Phi) is 3.15. The quantitative estimate of drug-likeness (QED) is 0.824. The van der Waals surface area contributed by atoms with Crippen LogP contribution in [0, 0.1) is 0 Å². The highest BCUT2D eigenvalue weighted by Crippen LogP contribution is 2.34. The van der Waals surface area contributed by atoms with Crippen LogP contribution in [-0.2, 0) is 19.1 Å². The van der Waals surface area contributed by atoms with E-state index in [-0.39, 0.29) is 17.4 Å². The fourth-order valence-corrected chi connectivity index (χ4v) is 2.59. The zero-order valence-corrected chi connectivity index (χ0v) is 11.1. The molecular weight excluding hydrogens is 276 g/mol. The van der Waals surface area contributed by atoms with Gasteiger partial charge in [0, 0.05) is 6.07 Å². The molecule has 8 heteroatoms. The lowest BCUT2D eigenvalue weighted by atomic mass is 10.1. The first kappa shape index (κ1) is 13.6. The number of benzene rings is 1. The highest BCUT2D eigenvalue weighted by molar-refractivity contribution is 7.86. The van der Waals surface area contributed by atoms with Gasteiger partial charge in [-0.3, -0.25) is 0 Å². The normalized spacial score (nSPS) is 14.4. The van der Waals surface area contributed by atoms with Gasteiger partial charge < -0.3 is 14.6 Å². The van der Waals surface area contributed by atoms with E-state index in [0.29, 0.717) is 5.75 Å². The van der Waals surface area contributed by atoms with Crippen LogP contribution in [0.25, 0.3) is 0 Å². The molecule has 19 heavy (non-hydrogen) atoms. The minimum absolute atomic E-state index is 0.0142. The fourth-order valence-electron chi connectivity index (χ4n) is 1.39. The highest BCUT2D eigenvalue weighted by Gasteiger charge is 2.35. The lowest BCUT2D eigenvalue weighted by molar-refractivity contribution is -0.151. The summed E-state index contributed by atoms with van der Waals surface area (Å²) in [5, 5.41) is 8.87. The third kappa shape index (κ3) is 2.64. The Bertz CT molecular complexity index is 618. The predicted octanol–water partition coefficient (Wildman–Crippen LogP) is 0.984. The average Bonchev–Trinajstić information content (AvgIpc) is 2.73. The Morgan fingerprint density at radius 3 is 2.58 bits per heavy atom. The number of rotatable bonds is 4. The molecule has 1 aromatic carbocycles. The molecule has 0 saturated carbocycles. The van der Waals surface area contributed by atoms with Gasteiger partial charge in [-0.25, -0.2) is 8.98 Å². The second kappa shape index (κ2) is 4.39. The minimum atomic E-state index is -4.20. The number of carboxylic acid groups (broad SMARTS) is 1. The number of carbonyl (C=O) groups is 1. The maximum atomic E-state index is 12.0. The average molecular weight is 288 g/mol. The summed E-state index contributed by atoms with van der Waals surface area (Å²) in [6, 6.07) is 3.92. The van der Waals surface area contributed by atoms with Gasteiger partial charge in [0.1, 0.15) is 0 Å². The fraction of sp³-hybridized carbons (Fsp3) is 0.364. The molecule has 0 unspecified atom stereocenters. The smallest absolute Gasteiger partial charge is 0.336 e. The molecule has 1 heterocycles. The van der Waals surface area contributed by atoms with E-state index in [2.05, 4.69) is 0 Å². The Hall–Kier alpha value is -1.80. The van der Waals surface area contributed by atoms with E-state index in [1.807, 2.05) is 0 Å². The Morgan fingerprint density at radius 2 is 1.95 bits per heavy atom. The summed E-state index contributed by atoms with van der Waals surface area (Å²) in [5.74, 6) is -0.675. The molecule has 1 aromatic rings. The molecule has 0 fully saturated rings. The first-order valence-electron chi connectivity index (χ1n) is 5.31. The molecule has 2 rings (SSSR count). The van der Waals surface area contributed by atoms with Crippen LogP contribution in [0.15, 0.2) is 23.1 Å². The van der Waals surface area contributed by atoms with Crippen molar-refractivity contribution in [1.29, 1.82) is 0 Å². The van der Waals surface area contributed by atoms with Crippen LogP contribution in [0.5, 0.6) is 11.5 Å². The first-order chi connectivity index (χ1) is 8.72. The zero-order chi connectivity index (χ0) is 14.3. The standard InChI is InChI=1S/C11H12O7S/c1-11(2,10(12)13)18-19(14,15)7-3-4-8-9(5-7)17-6-16-8/h3-5H,6H2,1-2H3,(H,12,13). The van der Waals surface area contributed by atoms with Gasteiger partial charge in [-0.1, -0.05) is 0 Å². The van der Waals surface area contributed by atoms with Gasteiger partial charge in [0.2, 0.25) is 6.79 Å². The Balaban J connectivity index is 2.33. The van der Waals surface area contributed by atoms with Crippen molar-refractivity contribution in [1.82, 2.24) is 0 Å². The summed E-state index contributed by atoms with van der Waals surface area (Å²) in [4.78, 5) is 10.7. The second-order valence-corrected chi connectivity index (χ2v) is 5.91. The molecule has 0 saturated heterocycles. The molecule has 0 bridgehead atoms. The van der Waals surface area contributed by atoms with Gasteiger partial charge in [-0.15, -0.1) is 0 Å². The van der Waals surface area contributed by atoms with E-state index < -0.39 is 21.7 Å². The summed E-state index contributed by atoms with van der Waals surface area (Å²) >= 11 is 0. The van der Waals surface area contributed by atoms with E-state index in [0.717, 1.165) is 13.8 Å². The summed E-state index contributed by atoms with van der Waals surface area (Å²) in [5.41, 5.74) is -1.85. The van der Waals surface area contributed by atoms with Gasteiger partial charge in [-0.2, -0.15) is 8.42 Å². The maximum absolute atomic E-state index is 12.0. The number of carboxylic acids is 1. The third-order valence-corrected chi connectivity index (χ3v) is 3.93. The number of fused-ring (bicyclic) bond motifs is 1. The van der Waals surface area contributed by atoms with Crippen LogP contribution >= 0.6 is 0 Å². The third-order valence-electron chi connectivity index (χ3n) is 2.47. The largest absolute Gasteiger partial charge is 0.479 e. The van der Waals surface area contributed by atoms with Crippen molar-refractivity contribution in [2.24, 2.45) is 0 Å². The van der Waals surface area contributed by atoms with Crippen molar-refractivity contribution in [2.75, 3.05) is 6.79 Å². The molecule has 1 aliphatic heterocycles. The molecule has 0 spiro atoms. The minimum Gasteiger partial charge on any atom is -0.479 e. The molecule has 0 aromatic heterocycles. The highest BCUT2D eigenvalue weighted by atomic mass is 32.2. The van der Waals surface area contributed by atoms with Crippen LogP contribution in [0.2, 0.25) is 0 Å². The maximum Gasteiger partial charge on any atom is 0.336 e. The van der Waals surface area contributed by atoms with E-state index in [1.54, 1.807) is 0 Å². The SMILES string of the molecule is CC(C)(OS(=O)(=O)c1ccc2c(c1)OCO2)C(=O)O. The number of hydrogen-bond acceptors (Lipinski definition) is 6. The first-order valence-corrected chi connectivity index (χ1v) is 6.72. The van der Waals surface area contributed by atoms with Crippen molar-refractivity contribution < 1.29 is 32.0 Å². The number of ether oxygens (including phenoxy) is 2. The Labute approximate surface area is 109 Å². The molecule has 1 aliphatic rings. The van der Waals surface area contributed by atoms with Crippen molar-refractivity contribution in [3.63, 3.8) is 0 Å². The van der Waals surface area contributed by atoms with E-state index in [1.165, 1.54) is 18.2 Å². The molecule has 0 aliphatic carbocycles. The molecule has 0 radical (unpaired) electrons. The van der Waals surface area contributed by atoms with Crippen molar-refractivity contribution in [2.45, 2.75) is 24.3 Å². The van der Waals surface area contributed by atoms with Crippen molar-refractivity contribution >= 4 is 16.1 Å². The molecule has 1 N–H and O–H groups in total. The van der Waals surface area contributed by atoms with Crippen molar-refractivity contribution in [3.05, 3.63) is 18.2 Å². The van der Waals surface area contributed by atoms with Gasteiger partial charge >= 0.3 is 5.97 Å². The summed E-state index contributed by atoms with van der Waals surface area (Å²) in [6.07, 6.45) is 0. The van der Waals surface area contributed by atoms with Crippen LogP contribution in [-0.4, -0.2) is 31.9 Å². The summed E-state index contributed by atoms with van der Waals surface area (Å²) < 4.78 is 38.8. The monoisotopic (exact) mass is 288 g/mol. The summed E-state index contributed by atoms with van der Waals surface area (Å²) in [6.45, 7) is 2.32. The van der Waals surface area contributed by atoms with Crippen LogP contribution in [0.4, 0.5) is 0 Å². The molecule has 0 amide bonds. The van der Waals surface area contributed by atoms with Gasteiger partial charge in [0.25, 0.3) is 10.1 Å². The topological polar surface area (TPSA) is 99.1 Å². The van der Waals surface area contributed by atoms with Gasteiger partial charge in [0.05, 0.1) is 4.90 Å². The summed E-state index contributed by atoms with van der Waals surface area (Å²) in [7, 11) is -4.20. The number of hydrogen-bond donors (Lipinski definition) is 1. The van der Waals surface area contributed by atoms with Crippen LogP contribution < -0.4 is 9.47 Å². The number of aliphatic carboxylic acids is 1. The van der Waals surface area contributed by atoms with Crippen LogP contribution in [0.3, 0.4) is 0 Å². The molecular formula is C11H12O7S. The lowest BCUT2D eigenvalue weighted by Gasteiger charge is -2.19. The van der Waals surface area contributed by atoms with E-state index in [4.69, 9.17) is 18.8 Å². The van der Waals surface area contributed by atoms with E-state index in [9.17, 15) is 13.2 Å². The van der Waals surface area contributed by atoms with E-state index >= 15 is 0 Å². The van der Waals surface area contributed by atoms with Gasteiger partial charge in [0.15, 0.2) is 17.1 Å². The molecule has 104 valence electrons.